The Morgan fingerprint density at radius 2 is 1.77 bits per heavy atom. The van der Waals surface area contributed by atoms with E-state index in [4.69, 9.17) is 0 Å². The van der Waals surface area contributed by atoms with E-state index in [2.05, 4.69) is 10.6 Å². The van der Waals surface area contributed by atoms with E-state index in [1.54, 1.807) is 24.3 Å². The molecule has 1 aromatic carbocycles. The van der Waals surface area contributed by atoms with Gasteiger partial charge in [-0.05, 0) is 37.8 Å². The highest BCUT2D eigenvalue weighted by Gasteiger charge is 2.35. The highest BCUT2D eigenvalue weighted by molar-refractivity contribution is 7.89. The third-order valence-electron chi connectivity index (χ3n) is 4.33. The molecule has 0 aromatic heterocycles. The largest absolute Gasteiger partial charge is 0.348 e. The predicted octanol–water partition coefficient (Wildman–Crippen LogP) is 1.04. The van der Waals surface area contributed by atoms with Crippen LogP contribution in [-0.4, -0.2) is 50.2 Å². The molecule has 1 atom stereocenters. The summed E-state index contributed by atoms with van der Waals surface area (Å²) in [5, 5.41) is 5.10. The molecule has 0 saturated carbocycles. The van der Waals surface area contributed by atoms with E-state index in [0.717, 1.165) is 12.0 Å². The zero-order valence-electron chi connectivity index (χ0n) is 15.5. The number of carbonyl (C=O) groups excluding carboxylic acids is 2. The Balaban J connectivity index is 1.98. The minimum atomic E-state index is -3.61. The Bertz CT molecular complexity index is 744. The summed E-state index contributed by atoms with van der Waals surface area (Å²) in [7, 11) is -3.61. The molecule has 0 aliphatic carbocycles. The molecule has 2 rings (SSSR count). The lowest BCUT2D eigenvalue weighted by atomic mass is 10.2. The number of nitrogens with one attached hydrogen (secondary N) is 2. The number of hydrogen-bond acceptors (Lipinski definition) is 4. The maximum Gasteiger partial charge on any atom is 0.309 e. The van der Waals surface area contributed by atoms with Crippen molar-refractivity contribution in [2.24, 2.45) is 5.92 Å². The Labute approximate surface area is 155 Å². The molecular formula is C18H27N3O4S. The quantitative estimate of drug-likeness (QED) is 0.720. The summed E-state index contributed by atoms with van der Waals surface area (Å²) in [5.41, 5.74) is 0.988. The zero-order valence-corrected chi connectivity index (χ0v) is 16.3. The highest BCUT2D eigenvalue weighted by atomic mass is 32.2. The second-order valence-electron chi connectivity index (χ2n) is 7.04. The van der Waals surface area contributed by atoms with Gasteiger partial charge in [-0.2, -0.15) is 4.31 Å². The van der Waals surface area contributed by atoms with E-state index in [-0.39, 0.29) is 23.4 Å². The second kappa shape index (κ2) is 8.64. The molecule has 0 bridgehead atoms. The maximum absolute atomic E-state index is 12.8. The average Bonchev–Trinajstić information content (AvgIpc) is 3.07. The van der Waals surface area contributed by atoms with Crippen LogP contribution in [0.4, 0.5) is 0 Å². The first-order valence-electron chi connectivity index (χ1n) is 8.86. The van der Waals surface area contributed by atoms with Crippen molar-refractivity contribution >= 4 is 21.8 Å². The van der Waals surface area contributed by atoms with Gasteiger partial charge in [0.25, 0.3) is 0 Å². The van der Waals surface area contributed by atoms with Gasteiger partial charge >= 0.3 is 11.8 Å². The number of hydrogen-bond donors (Lipinski definition) is 2. The van der Waals surface area contributed by atoms with Crippen LogP contribution in [0.25, 0.3) is 0 Å². The molecule has 26 heavy (non-hydrogen) atoms. The maximum atomic E-state index is 12.8. The van der Waals surface area contributed by atoms with Crippen LogP contribution in [0.3, 0.4) is 0 Å². The summed E-state index contributed by atoms with van der Waals surface area (Å²) in [4.78, 5) is 23.9. The summed E-state index contributed by atoms with van der Waals surface area (Å²) >= 11 is 0. The number of rotatable bonds is 6. The van der Waals surface area contributed by atoms with Gasteiger partial charge in [-0.25, -0.2) is 8.42 Å². The summed E-state index contributed by atoms with van der Waals surface area (Å²) in [6.07, 6.45) is 1.38. The van der Waals surface area contributed by atoms with E-state index in [9.17, 15) is 18.0 Å². The lowest BCUT2D eigenvalue weighted by Crippen LogP contribution is -2.47. The Hall–Kier alpha value is -1.93. The van der Waals surface area contributed by atoms with E-state index in [0.29, 0.717) is 19.5 Å². The summed E-state index contributed by atoms with van der Waals surface area (Å²) in [6.45, 7) is 6.73. The molecule has 1 saturated heterocycles. The van der Waals surface area contributed by atoms with Crippen molar-refractivity contribution in [2.75, 3.05) is 19.6 Å². The van der Waals surface area contributed by atoms with Crippen LogP contribution in [0, 0.1) is 12.8 Å². The van der Waals surface area contributed by atoms with Gasteiger partial charge in [0.2, 0.25) is 10.0 Å². The van der Waals surface area contributed by atoms with Gasteiger partial charge in [0.05, 0.1) is 4.90 Å². The minimum Gasteiger partial charge on any atom is -0.348 e. The first-order valence-corrected chi connectivity index (χ1v) is 10.3. The number of amides is 2. The van der Waals surface area contributed by atoms with E-state index in [1.807, 2.05) is 20.8 Å². The molecule has 0 radical (unpaired) electrons. The van der Waals surface area contributed by atoms with Crippen molar-refractivity contribution in [1.82, 2.24) is 14.9 Å². The van der Waals surface area contributed by atoms with Crippen LogP contribution in [-0.2, 0) is 19.6 Å². The van der Waals surface area contributed by atoms with Crippen LogP contribution in [0.1, 0.15) is 32.3 Å². The molecular weight excluding hydrogens is 354 g/mol. The number of sulfonamides is 1. The Morgan fingerprint density at radius 1 is 1.15 bits per heavy atom. The third kappa shape index (κ3) is 5.04. The van der Waals surface area contributed by atoms with Gasteiger partial charge < -0.3 is 10.6 Å². The topological polar surface area (TPSA) is 95.6 Å². The SMILES string of the molecule is Cc1ccc(S(=O)(=O)N2CCCC2CNC(=O)C(=O)NCC(C)C)cc1. The molecule has 1 aliphatic heterocycles. The van der Waals surface area contributed by atoms with Crippen molar-refractivity contribution in [2.45, 2.75) is 44.6 Å². The van der Waals surface area contributed by atoms with Crippen LogP contribution in [0.5, 0.6) is 0 Å². The Morgan fingerprint density at radius 3 is 2.38 bits per heavy atom. The fourth-order valence-corrected chi connectivity index (χ4v) is 4.54. The number of nitrogens with zero attached hydrogens (tertiary/aromatic N) is 1. The van der Waals surface area contributed by atoms with Crippen molar-refractivity contribution in [1.29, 1.82) is 0 Å². The molecule has 1 heterocycles. The number of benzene rings is 1. The molecule has 1 aromatic rings. The molecule has 144 valence electrons. The van der Waals surface area contributed by atoms with Crippen LogP contribution in [0.15, 0.2) is 29.2 Å². The Kier molecular flexibility index (Phi) is 6.77. The van der Waals surface area contributed by atoms with Crippen molar-refractivity contribution in [3.8, 4) is 0 Å². The normalized spacial score (nSPS) is 18.1. The lowest BCUT2D eigenvalue weighted by molar-refractivity contribution is -0.139. The third-order valence-corrected chi connectivity index (χ3v) is 6.29. The van der Waals surface area contributed by atoms with E-state index < -0.39 is 21.8 Å². The predicted molar refractivity (Wildman–Crippen MR) is 99.0 cm³/mol. The zero-order chi connectivity index (χ0) is 19.3. The molecule has 8 heteroatoms. The van der Waals surface area contributed by atoms with Gasteiger partial charge in [0.15, 0.2) is 0 Å². The van der Waals surface area contributed by atoms with Crippen LogP contribution < -0.4 is 10.6 Å². The highest BCUT2D eigenvalue weighted by Crippen LogP contribution is 2.25. The van der Waals surface area contributed by atoms with Crippen LogP contribution in [0.2, 0.25) is 0 Å². The molecule has 1 aliphatic rings. The smallest absolute Gasteiger partial charge is 0.309 e. The second-order valence-corrected chi connectivity index (χ2v) is 8.93. The first kappa shape index (κ1) is 20.4. The van der Waals surface area contributed by atoms with Gasteiger partial charge in [-0.15, -0.1) is 0 Å². The van der Waals surface area contributed by atoms with Gasteiger partial charge in [-0.1, -0.05) is 31.5 Å². The fourth-order valence-electron chi connectivity index (χ4n) is 2.84. The summed E-state index contributed by atoms with van der Waals surface area (Å²) < 4.78 is 27.1. The standard InChI is InChI=1S/C18H27N3O4S/c1-13(2)11-19-17(22)18(23)20-12-15-5-4-10-21(15)26(24,25)16-8-6-14(3)7-9-16/h6-9,13,15H,4-5,10-12H2,1-3H3,(H,19,22)(H,20,23). The van der Waals surface area contributed by atoms with Crippen molar-refractivity contribution in [3.63, 3.8) is 0 Å². The number of carbonyl (C=O) groups is 2. The summed E-state index contributed by atoms with van der Waals surface area (Å²) in [5.74, 6) is -1.17. The van der Waals surface area contributed by atoms with Crippen LogP contribution >= 0.6 is 0 Å². The monoisotopic (exact) mass is 381 g/mol. The van der Waals surface area contributed by atoms with Crippen molar-refractivity contribution < 1.29 is 18.0 Å². The molecule has 2 amide bonds. The number of aryl methyl sites for hydroxylation is 1. The minimum absolute atomic E-state index is 0.124. The van der Waals surface area contributed by atoms with Gasteiger partial charge in [0, 0.05) is 25.7 Å². The van der Waals surface area contributed by atoms with Gasteiger partial charge in [0.1, 0.15) is 0 Å². The fraction of sp³-hybridized carbons (Fsp3) is 0.556. The molecule has 0 spiro atoms. The molecule has 7 nitrogen and oxygen atoms in total. The first-order chi connectivity index (χ1) is 12.2. The van der Waals surface area contributed by atoms with Gasteiger partial charge in [-0.3, -0.25) is 9.59 Å². The summed E-state index contributed by atoms with van der Waals surface area (Å²) in [6, 6.07) is 6.37. The van der Waals surface area contributed by atoms with E-state index >= 15 is 0 Å². The lowest BCUT2D eigenvalue weighted by Gasteiger charge is -2.24. The average molecular weight is 381 g/mol. The van der Waals surface area contributed by atoms with E-state index in [1.165, 1.54) is 4.31 Å². The molecule has 1 fully saturated rings. The van der Waals surface area contributed by atoms with Crippen molar-refractivity contribution in [3.05, 3.63) is 29.8 Å². The molecule has 1 unspecified atom stereocenters. The molecule has 2 N–H and O–H groups in total.